The first-order chi connectivity index (χ1) is 12.4. The van der Waals surface area contributed by atoms with E-state index in [1.54, 1.807) is 0 Å². The average molecular weight is 361 g/mol. The number of aliphatic imine (C=N–C) groups is 2. The van der Waals surface area contributed by atoms with E-state index in [1.165, 1.54) is 18.7 Å². The van der Waals surface area contributed by atoms with E-state index in [4.69, 9.17) is 23.0 Å². The molecule has 0 unspecified atom stereocenters. The number of carbonyl (C=O) groups is 1. The van der Waals surface area contributed by atoms with Gasteiger partial charge in [0.15, 0.2) is 0 Å². The Labute approximate surface area is 156 Å². The molecule has 1 rings (SSSR count). The van der Waals surface area contributed by atoms with E-state index in [1.807, 2.05) is 6.92 Å². The Bertz CT molecular complexity index is 636. The van der Waals surface area contributed by atoms with Crippen LogP contribution < -0.4 is 23.0 Å². The van der Waals surface area contributed by atoms with E-state index in [2.05, 4.69) is 35.7 Å². The monoisotopic (exact) mass is 361 g/mol. The fourth-order valence-electron chi connectivity index (χ4n) is 1.84. The maximum atomic E-state index is 12.3. The molecular weight excluding hydrogens is 330 g/mol. The molecule has 0 aromatic heterocycles. The van der Waals surface area contributed by atoms with Crippen molar-refractivity contribution in [1.82, 2.24) is 5.01 Å². The van der Waals surface area contributed by atoms with Crippen LogP contribution in [0.25, 0.3) is 0 Å². The Morgan fingerprint density at radius 3 is 2.58 bits per heavy atom. The topological polar surface area (TPSA) is 149 Å². The van der Waals surface area contributed by atoms with E-state index >= 15 is 0 Å². The lowest BCUT2D eigenvalue weighted by atomic mass is 10.1. The number of hydrogen-bond acceptors (Lipinski definition) is 7. The molecule has 8 nitrogen and oxygen atoms in total. The van der Waals surface area contributed by atoms with Gasteiger partial charge in [0.25, 0.3) is 5.91 Å². The van der Waals surface area contributed by atoms with Crippen molar-refractivity contribution in [2.75, 3.05) is 19.6 Å². The van der Waals surface area contributed by atoms with Crippen molar-refractivity contribution in [3.05, 3.63) is 23.0 Å². The molecule has 0 saturated heterocycles. The zero-order valence-electron chi connectivity index (χ0n) is 16.0. The van der Waals surface area contributed by atoms with Gasteiger partial charge in [-0.25, -0.2) is 10.8 Å². The standard InChI is InChI=1S/C15H23N7O.C3H8/c1-2-7-22(19)15(23)11-8-12(17)13(21-14(18)9-11)10-20-6-4-3-5-16;1-3-2/h8,10H,2,5-7,9,16-17,19H2,1H3,(H2,18,21);3H2,1-2H3. The van der Waals surface area contributed by atoms with Crippen molar-refractivity contribution in [2.45, 2.75) is 40.0 Å². The maximum Gasteiger partial charge on any atom is 0.264 e. The second-order valence-corrected chi connectivity index (χ2v) is 5.52. The summed E-state index contributed by atoms with van der Waals surface area (Å²) in [6, 6.07) is 0. The molecule has 144 valence electrons. The van der Waals surface area contributed by atoms with E-state index in [-0.39, 0.29) is 31.3 Å². The Morgan fingerprint density at radius 2 is 2.00 bits per heavy atom. The van der Waals surface area contributed by atoms with Crippen LogP contribution in [0.15, 0.2) is 33.0 Å². The van der Waals surface area contributed by atoms with Crippen molar-refractivity contribution in [3.8, 4) is 11.8 Å². The molecule has 0 aliphatic carbocycles. The molecular formula is C18H31N7O. The van der Waals surface area contributed by atoms with Crippen molar-refractivity contribution in [2.24, 2.45) is 33.0 Å². The number of hydrogen-bond donors (Lipinski definition) is 4. The van der Waals surface area contributed by atoms with Crippen LogP contribution in [-0.4, -0.2) is 42.6 Å². The average Bonchev–Trinajstić information content (AvgIpc) is 2.73. The molecule has 0 aromatic rings. The van der Waals surface area contributed by atoms with E-state index in [0.717, 1.165) is 11.4 Å². The number of amidine groups is 1. The highest BCUT2D eigenvalue weighted by Crippen LogP contribution is 2.15. The third-order valence-electron chi connectivity index (χ3n) is 2.87. The fourth-order valence-corrected chi connectivity index (χ4v) is 1.84. The van der Waals surface area contributed by atoms with Crippen LogP contribution in [0.4, 0.5) is 0 Å². The molecule has 1 heterocycles. The van der Waals surface area contributed by atoms with Gasteiger partial charge in [0.1, 0.15) is 11.5 Å². The molecule has 0 saturated carbocycles. The lowest BCUT2D eigenvalue weighted by Crippen LogP contribution is -2.39. The molecule has 0 radical (unpaired) electrons. The zero-order chi connectivity index (χ0) is 19.9. The van der Waals surface area contributed by atoms with E-state index in [9.17, 15) is 4.79 Å². The summed E-state index contributed by atoms with van der Waals surface area (Å²) in [4.78, 5) is 20.5. The van der Waals surface area contributed by atoms with Crippen LogP contribution in [0, 0.1) is 11.8 Å². The molecule has 26 heavy (non-hydrogen) atoms. The molecule has 0 fully saturated rings. The first-order valence-corrected chi connectivity index (χ1v) is 8.66. The summed E-state index contributed by atoms with van der Waals surface area (Å²) in [5.74, 6) is 11.1. The number of nitrogens with zero attached hydrogens (tertiary/aromatic N) is 3. The Morgan fingerprint density at radius 1 is 1.35 bits per heavy atom. The number of carbonyl (C=O) groups excluding carboxylic acids is 1. The predicted octanol–water partition coefficient (Wildman–Crippen LogP) is 0.406. The largest absolute Gasteiger partial charge is 0.397 e. The summed E-state index contributed by atoms with van der Waals surface area (Å²) in [6.07, 6.45) is 5.20. The lowest BCUT2D eigenvalue weighted by Gasteiger charge is -2.17. The maximum absolute atomic E-state index is 12.3. The normalized spacial score (nSPS) is 13.7. The van der Waals surface area contributed by atoms with Gasteiger partial charge < -0.3 is 17.2 Å². The number of rotatable bonds is 5. The van der Waals surface area contributed by atoms with Gasteiger partial charge in [-0.1, -0.05) is 39.0 Å². The summed E-state index contributed by atoms with van der Waals surface area (Å²) >= 11 is 0. The van der Waals surface area contributed by atoms with Gasteiger partial charge in [0, 0.05) is 18.5 Å². The number of nitrogens with two attached hydrogens (primary N) is 4. The van der Waals surface area contributed by atoms with Crippen molar-refractivity contribution >= 4 is 18.0 Å². The van der Waals surface area contributed by atoms with E-state index < -0.39 is 0 Å². The highest BCUT2D eigenvalue weighted by molar-refractivity contribution is 6.02. The minimum absolute atomic E-state index is 0.182. The Balaban J connectivity index is 0.00000194. The molecule has 0 atom stereocenters. The molecule has 1 aliphatic rings. The van der Waals surface area contributed by atoms with Gasteiger partial charge in [0.05, 0.1) is 25.0 Å². The van der Waals surface area contributed by atoms with Crippen LogP contribution in [0.5, 0.6) is 0 Å². The third-order valence-corrected chi connectivity index (χ3v) is 2.87. The van der Waals surface area contributed by atoms with Crippen molar-refractivity contribution < 1.29 is 4.79 Å². The molecule has 0 bridgehead atoms. The first kappa shape index (κ1) is 23.4. The van der Waals surface area contributed by atoms with Crippen molar-refractivity contribution in [3.63, 3.8) is 0 Å². The van der Waals surface area contributed by atoms with Crippen LogP contribution in [0.1, 0.15) is 40.0 Å². The van der Waals surface area contributed by atoms with Gasteiger partial charge in [-0.05, 0) is 12.5 Å². The summed E-state index contributed by atoms with van der Waals surface area (Å²) in [6.45, 7) is 7.20. The summed E-state index contributed by atoms with van der Waals surface area (Å²) in [5.41, 5.74) is 18.1. The minimum atomic E-state index is -0.319. The second-order valence-electron chi connectivity index (χ2n) is 5.52. The predicted molar refractivity (Wildman–Crippen MR) is 108 cm³/mol. The second kappa shape index (κ2) is 13.6. The number of amides is 1. The Kier molecular flexibility index (Phi) is 12.3. The van der Waals surface area contributed by atoms with Gasteiger partial charge in [-0.3, -0.25) is 14.8 Å². The van der Waals surface area contributed by atoms with Crippen LogP contribution >= 0.6 is 0 Å². The zero-order valence-corrected chi connectivity index (χ0v) is 16.0. The molecule has 1 amide bonds. The van der Waals surface area contributed by atoms with Gasteiger partial charge >= 0.3 is 0 Å². The van der Waals surface area contributed by atoms with Crippen LogP contribution in [0.3, 0.4) is 0 Å². The highest BCUT2D eigenvalue weighted by atomic mass is 16.2. The molecule has 1 aliphatic heterocycles. The SMILES string of the molecule is CCC.CCCN(N)C(=O)C1=CC(N)=C(C=NCC#CCN)N=C(N)C1. The van der Waals surface area contributed by atoms with Crippen molar-refractivity contribution in [1.29, 1.82) is 0 Å². The minimum Gasteiger partial charge on any atom is -0.397 e. The van der Waals surface area contributed by atoms with Gasteiger partial charge in [0.2, 0.25) is 0 Å². The third kappa shape index (κ3) is 9.01. The smallest absolute Gasteiger partial charge is 0.264 e. The summed E-state index contributed by atoms with van der Waals surface area (Å²) in [5, 5.41) is 1.15. The summed E-state index contributed by atoms with van der Waals surface area (Å²) < 4.78 is 0. The molecule has 0 spiro atoms. The lowest BCUT2D eigenvalue weighted by molar-refractivity contribution is -0.127. The number of allylic oxidation sites excluding steroid dienone is 2. The van der Waals surface area contributed by atoms with Gasteiger partial charge in [-0.15, -0.1) is 0 Å². The molecule has 8 N–H and O–H groups in total. The van der Waals surface area contributed by atoms with Crippen LogP contribution in [-0.2, 0) is 4.79 Å². The Hall–Kier alpha value is -2.63. The van der Waals surface area contributed by atoms with E-state index in [0.29, 0.717) is 23.5 Å². The summed E-state index contributed by atoms with van der Waals surface area (Å²) in [7, 11) is 0. The molecule has 8 heteroatoms. The van der Waals surface area contributed by atoms with Gasteiger partial charge in [-0.2, -0.15) is 0 Å². The number of hydrazine groups is 1. The first-order valence-electron chi connectivity index (χ1n) is 8.66. The fraction of sp³-hybridized carbons (Fsp3) is 0.500. The highest BCUT2D eigenvalue weighted by Gasteiger charge is 2.19. The quantitative estimate of drug-likeness (QED) is 0.184. The van der Waals surface area contributed by atoms with Crippen LogP contribution in [0.2, 0.25) is 0 Å². The molecule has 0 aromatic carbocycles.